The van der Waals surface area contributed by atoms with E-state index in [0.29, 0.717) is 37.7 Å². The number of phenols is 1. The van der Waals surface area contributed by atoms with Gasteiger partial charge >= 0.3 is 23.9 Å². The maximum atomic E-state index is 14.7. The van der Waals surface area contributed by atoms with Gasteiger partial charge in [0.2, 0.25) is 0 Å². The largest absolute Gasteiger partial charge is 0.507 e. The molecule has 4 aliphatic heterocycles. The fourth-order valence-corrected chi connectivity index (χ4v) is 11.7. The first-order chi connectivity index (χ1) is 31.8. The van der Waals surface area contributed by atoms with Crippen molar-refractivity contribution in [2.75, 3.05) is 0 Å². The minimum Gasteiger partial charge on any atom is -0.507 e. The number of aliphatic carboxylic acids is 1. The average molecular weight is 957 g/mol. The van der Waals surface area contributed by atoms with Gasteiger partial charge in [-0.25, -0.2) is 14.4 Å². The summed E-state index contributed by atoms with van der Waals surface area (Å²) in [7, 11) is 0. The van der Waals surface area contributed by atoms with Crippen LogP contribution in [0.15, 0.2) is 59.6 Å². The third-order valence-corrected chi connectivity index (χ3v) is 15.7. The van der Waals surface area contributed by atoms with Crippen molar-refractivity contribution >= 4 is 35.5 Å². The van der Waals surface area contributed by atoms with E-state index in [2.05, 4.69) is 0 Å². The van der Waals surface area contributed by atoms with E-state index in [1.54, 1.807) is 33.8 Å². The number of carboxylic acid groups (broad SMARTS) is 1. The minimum absolute atomic E-state index is 0.0323. The van der Waals surface area contributed by atoms with Gasteiger partial charge in [-0.15, -0.1) is 0 Å². The molecule has 0 radical (unpaired) electrons. The summed E-state index contributed by atoms with van der Waals surface area (Å²) >= 11 is 6.15. The number of aliphatic hydroxyl groups excluding tert-OH is 4. The van der Waals surface area contributed by atoms with Crippen LogP contribution in [0.5, 0.6) is 5.75 Å². The average Bonchev–Trinajstić information content (AvgIpc) is 3.50. The van der Waals surface area contributed by atoms with Crippen LogP contribution in [0.2, 0.25) is 5.02 Å². The zero-order valence-electron chi connectivity index (χ0n) is 38.1. The van der Waals surface area contributed by atoms with Crippen LogP contribution in [-0.4, -0.2) is 122 Å². The molecule has 7 aliphatic rings. The Morgan fingerprint density at radius 2 is 1.64 bits per heavy atom. The summed E-state index contributed by atoms with van der Waals surface area (Å²) in [5.41, 5.74) is -2.56. The fourth-order valence-electron chi connectivity index (χ4n) is 11.5. The molecule has 2 saturated heterocycles. The number of aliphatic hydroxyl groups is 4. The van der Waals surface area contributed by atoms with E-state index in [9.17, 15) is 49.8 Å². The molecular weight excluding hydrogens is 896 g/mol. The number of aromatic hydroxyl groups is 1. The number of carboxylic acids is 1. The summed E-state index contributed by atoms with van der Waals surface area (Å²) in [5.74, 6) is -7.70. The summed E-state index contributed by atoms with van der Waals surface area (Å²) in [6, 6.07) is 2.71. The van der Waals surface area contributed by atoms with Gasteiger partial charge in [-0.1, -0.05) is 61.7 Å². The molecule has 17 atom stereocenters. The Bertz CT molecular complexity index is 2230. The molecular formula is C49H61ClO17. The molecule has 366 valence electrons. The van der Waals surface area contributed by atoms with Crippen molar-refractivity contribution in [2.45, 2.75) is 159 Å². The van der Waals surface area contributed by atoms with Crippen molar-refractivity contribution in [1.29, 1.82) is 0 Å². The Kier molecular flexibility index (Phi) is 14.1. The van der Waals surface area contributed by atoms with Crippen molar-refractivity contribution < 1.29 is 83.0 Å². The van der Waals surface area contributed by atoms with Gasteiger partial charge in [0.1, 0.15) is 29.6 Å². The molecule has 67 heavy (non-hydrogen) atoms. The summed E-state index contributed by atoms with van der Waals surface area (Å²) in [6.45, 7) is 8.26. The van der Waals surface area contributed by atoms with Gasteiger partial charge in [0.05, 0.1) is 29.8 Å². The monoisotopic (exact) mass is 956 g/mol. The number of allylic oxidation sites excluding steroid dienone is 2. The highest BCUT2D eigenvalue weighted by atomic mass is 35.5. The molecule has 0 amide bonds. The van der Waals surface area contributed by atoms with Gasteiger partial charge in [0.25, 0.3) is 5.76 Å². The SMILES string of the molecule is Cc1c(Cl)ccc(O)c1C(=O)O[C@H]1[C@H](O)C[C@H](O[C@H]2[C@H](O)C(O)[C@H](O[C@H]3CCC[C@@H]4[C@@H]3C=C[C@H]3CCCCC=C[C@@H]5C=C(C(=O)O)[C@H](C)CC56OC(=O)C(=C6O)OC(=O)[C@@]43C)O[C@@H]2C)O[C@@H]1C. The quantitative estimate of drug-likeness (QED) is 0.110. The Morgan fingerprint density at radius 3 is 2.37 bits per heavy atom. The Hall–Kier alpha value is -4.33. The minimum atomic E-state index is -1.65. The predicted octanol–water partition coefficient (Wildman–Crippen LogP) is 5.63. The molecule has 17 nitrogen and oxygen atoms in total. The molecule has 2 bridgehead atoms. The molecule has 1 spiro atoms. The molecule has 4 heterocycles. The lowest BCUT2D eigenvalue weighted by Gasteiger charge is -2.51. The van der Waals surface area contributed by atoms with Crippen molar-refractivity contribution in [2.24, 2.45) is 35.0 Å². The van der Waals surface area contributed by atoms with Crippen molar-refractivity contribution in [1.82, 2.24) is 0 Å². The number of carbonyl (C=O) groups excluding carboxylic acids is 3. The molecule has 0 aromatic heterocycles. The van der Waals surface area contributed by atoms with E-state index in [-0.39, 0.29) is 52.5 Å². The smallest absolute Gasteiger partial charge is 0.379 e. The number of fused-ring (bicyclic) bond motifs is 3. The van der Waals surface area contributed by atoms with E-state index in [4.69, 9.17) is 44.8 Å². The Morgan fingerprint density at radius 1 is 0.896 bits per heavy atom. The Balaban J connectivity index is 0.950. The van der Waals surface area contributed by atoms with Gasteiger partial charge in [0.15, 0.2) is 30.0 Å². The van der Waals surface area contributed by atoms with E-state index in [1.165, 1.54) is 18.2 Å². The lowest BCUT2D eigenvalue weighted by Crippen LogP contribution is -2.61. The van der Waals surface area contributed by atoms with E-state index in [0.717, 1.165) is 12.8 Å². The highest BCUT2D eigenvalue weighted by Gasteiger charge is 2.60. The molecule has 2 unspecified atom stereocenters. The van der Waals surface area contributed by atoms with Crippen molar-refractivity contribution in [3.63, 3.8) is 0 Å². The first-order valence-electron chi connectivity index (χ1n) is 23.3. The molecule has 18 heteroatoms. The molecule has 1 saturated carbocycles. The maximum absolute atomic E-state index is 14.7. The van der Waals surface area contributed by atoms with Crippen LogP contribution in [0.4, 0.5) is 0 Å². The topological polar surface area (TPSA) is 254 Å². The van der Waals surface area contributed by atoms with Gasteiger partial charge in [-0.05, 0) is 95.2 Å². The summed E-state index contributed by atoms with van der Waals surface area (Å²) in [4.78, 5) is 53.5. The van der Waals surface area contributed by atoms with Crippen LogP contribution >= 0.6 is 11.6 Å². The molecule has 1 aromatic rings. The van der Waals surface area contributed by atoms with Crippen LogP contribution in [0.1, 0.15) is 101 Å². The van der Waals surface area contributed by atoms with Crippen LogP contribution in [-0.2, 0) is 47.5 Å². The second kappa shape index (κ2) is 19.2. The molecule has 8 rings (SSSR count). The van der Waals surface area contributed by atoms with E-state index in [1.807, 2.05) is 25.2 Å². The van der Waals surface area contributed by atoms with Crippen molar-refractivity contribution in [3.8, 4) is 5.75 Å². The highest BCUT2D eigenvalue weighted by molar-refractivity contribution is 6.32. The number of ether oxygens (including phenoxy) is 7. The van der Waals surface area contributed by atoms with Crippen molar-refractivity contribution in [3.05, 3.63) is 75.8 Å². The van der Waals surface area contributed by atoms with Crippen LogP contribution in [0.25, 0.3) is 0 Å². The number of phenolic OH excluding ortho intramolecular Hbond substituents is 1. The van der Waals surface area contributed by atoms with E-state index < -0.39 is 120 Å². The number of esters is 3. The number of halogens is 1. The number of hydrogen-bond acceptors (Lipinski definition) is 16. The third kappa shape index (κ3) is 8.95. The lowest BCUT2D eigenvalue weighted by atomic mass is 9.55. The normalized spacial score (nSPS) is 41.1. The second-order valence-corrected chi connectivity index (χ2v) is 19.9. The standard InChI is InChI=1S/C49H61ClO17/c1-22-21-49-27(19-29(22)43(56)57)12-9-7-6-8-11-26-15-16-28-30(48(26,5)47(60)66-41(42(49)55)45(59)67-49)13-10-14-34(28)63-46-38(54)37(53)40(25(4)62-46)64-35-20-33(52)39(24(3)61-35)65-44(58)36-23(2)31(50)17-18-32(36)51/h9,12,15-19,22,24-28,30,33-35,37-40,46,51-55H,6-8,10-11,13-14,20-21H2,1-5H3,(H,56,57)/t22-,24-,25-,26-,27-,28+,30-,33-,34+,35+,37-,38?,39-,40-,46+,48-,49?/m1/s1. The third-order valence-electron chi connectivity index (χ3n) is 15.3. The van der Waals surface area contributed by atoms with Crippen LogP contribution < -0.4 is 0 Å². The summed E-state index contributed by atoms with van der Waals surface area (Å²) in [5, 5.41) is 66.3. The van der Waals surface area contributed by atoms with E-state index >= 15 is 0 Å². The summed E-state index contributed by atoms with van der Waals surface area (Å²) < 4.78 is 42.2. The zero-order valence-corrected chi connectivity index (χ0v) is 38.9. The summed E-state index contributed by atoms with van der Waals surface area (Å²) in [6.07, 6.45) is 2.05. The van der Waals surface area contributed by atoms with Crippen LogP contribution in [0.3, 0.4) is 0 Å². The molecule has 6 N–H and O–H groups in total. The van der Waals surface area contributed by atoms with Gasteiger partial charge in [-0.3, -0.25) is 4.79 Å². The first-order valence-corrected chi connectivity index (χ1v) is 23.7. The van der Waals surface area contributed by atoms with Crippen LogP contribution in [0, 0.1) is 41.9 Å². The zero-order chi connectivity index (χ0) is 48.3. The molecule has 3 aliphatic carbocycles. The number of benzene rings is 1. The number of rotatable bonds is 7. The molecule has 3 fully saturated rings. The number of hydrogen-bond donors (Lipinski definition) is 6. The van der Waals surface area contributed by atoms with Gasteiger partial charge in [-0.2, -0.15) is 0 Å². The molecule has 1 aromatic carbocycles. The highest BCUT2D eigenvalue weighted by Crippen LogP contribution is 2.55. The Labute approximate surface area is 393 Å². The van der Waals surface area contributed by atoms with Gasteiger partial charge in [0, 0.05) is 35.3 Å². The fraction of sp³-hybridized carbons (Fsp3) is 0.633. The van der Waals surface area contributed by atoms with Gasteiger partial charge < -0.3 is 63.8 Å². The lowest BCUT2D eigenvalue weighted by molar-refractivity contribution is -0.343. The number of carbonyl (C=O) groups is 4. The first kappa shape index (κ1) is 49.1. The maximum Gasteiger partial charge on any atom is 0.379 e. The predicted molar refractivity (Wildman–Crippen MR) is 235 cm³/mol. The second-order valence-electron chi connectivity index (χ2n) is 19.5.